The molecule has 45 heavy (non-hydrogen) atoms. The third-order valence-corrected chi connectivity index (χ3v) is 10.9. The van der Waals surface area contributed by atoms with Crippen LogP contribution in [0.3, 0.4) is 0 Å². The number of anilines is 3. The minimum absolute atomic E-state index is 0.833. The number of hydrogen-bond acceptors (Lipinski definition) is 3. The maximum Gasteiger partial charge on any atom is 0.198 e. The number of hydrogen-bond donors (Lipinski definition) is 1. The Morgan fingerprint density at radius 2 is 1.36 bits per heavy atom. The molecule has 7 aromatic carbocycles. The topological polar surface area (TPSA) is 32.2 Å². The fraction of sp³-hybridized carbons (Fsp3) is 0. The van der Waals surface area contributed by atoms with E-state index in [2.05, 4.69) is 137 Å². The number of benzene rings is 7. The van der Waals surface area contributed by atoms with Crippen LogP contribution in [0.4, 0.5) is 17.1 Å². The van der Waals surface area contributed by atoms with E-state index in [0.29, 0.717) is 0 Å². The van der Waals surface area contributed by atoms with Crippen LogP contribution in [0.5, 0.6) is 0 Å². The van der Waals surface area contributed by atoms with Crippen molar-refractivity contribution >= 4 is 102 Å². The van der Waals surface area contributed by atoms with Crippen molar-refractivity contribution in [2.75, 3.05) is 4.90 Å². The number of aromatic nitrogens is 1. The van der Waals surface area contributed by atoms with Crippen molar-refractivity contribution in [3.05, 3.63) is 127 Å². The molecule has 4 heterocycles. The van der Waals surface area contributed by atoms with Gasteiger partial charge < -0.3 is 14.3 Å². The molecule has 11 rings (SSSR count). The van der Waals surface area contributed by atoms with Crippen molar-refractivity contribution in [2.45, 2.75) is 9.79 Å². The normalized spacial score (nSPS) is 13.4. The van der Waals surface area contributed by atoms with Gasteiger partial charge in [0.05, 0.1) is 28.1 Å². The molecule has 9 aromatic rings. The first kappa shape index (κ1) is 24.0. The van der Waals surface area contributed by atoms with Gasteiger partial charge in [0.1, 0.15) is 5.58 Å². The quantitative estimate of drug-likeness (QED) is 0.193. The summed E-state index contributed by atoms with van der Waals surface area (Å²) >= 11 is 1.86. The second kappa shape index (κ2) is 8.62. The molecule has 1 N–H and O–H groups in total. The van der Waals surface area contributed by atoms with Gasteiger partial charge in [-0.25, -0.2) is 0 Å². The maximum absolute atomic E-state index is 6.80. The fourth-order valence-electron chi connectivity index (χ4n) is 7.86. The average molecular weight is 591 g/mol. The summed E-state index contributed by atoms with van der Waals surface area (Å²) in [5.41, 5.74) is 13.0. The van der Waals surface area contributed by atoms with E-state index >= 15 is 0 Å². The van der Waals surface area contributed by atoms with Gasteiger partial charge in [0, 0.05) is 42.3 Å². The first-order valence-electron chi connectivity index (χ1n) is 15.4. The third-order valence-electron chi connectivity index (χ3n) is 9.80. The molecule has 2 aromatic heterocycles. The zero-order valence-corrected chi connectivity index (χ0v) is 24.9. The number of nitrogens with one attached hydrogen (secondary N) is 1. The van der Waals surface area contributed by atoms with Crippen LogP contribution < -0.4 is 15.8 Å². The van der Waals surface area contributed by atoms with E-state index in [-0.39, 0.29) is 0 Å². The minimum Gasteiger partial charge on any atom is -0.454 e. The van der Waals surface area contributed by atoms with Gasteiger partial charge in [-0.3, -0.25) is 0 Å². The number of rotatable bonds is 1. The Balaban J connectivity index is 1.30. The van der Waals surface area contributed by atoms with Crippen molar-refractivity contribution < 1.29 is 4.42 Å². The second-order valence-corrected chi connectivity index (χ2v) is 13.2. The molecular formula is C40H23BN2OS. The Morgan fingerprint density at radius 3 is 2.33 bits per heavy atom. The highest BCUT2D eigenvalue weighted by molar-refractivity contribution is 7.99. The van der Waals surface area contributed by atoms with Crippen LogP contribution in [0.1, 0.15) is 0 Å². The van der Waals surface area contributed by atoms with Gasteiger partial charge in [-0.1, -0.05) is 114 Å². The van der Waals surface area contributed by atoms with Crippen molar-refractivity contribution in [3.63, 3.8) is 0 Å². The van der Waals surface area contributed by atoms with E-state index in [4.69, 9.17) is 4.42 Å². The molecule has 0 radical (unpaired) electrons. The standard InChI is InChI=1S/C40H23BN2OS/c1-2-10-23-22(9-1)19-20-27-25-12-7-13-26(37(25)42-36(23)27)28-21-29-24-11-3-5-16-32(24)44-40(29)39-35(28)41-30-14-8-18-34-38(30)43(39)31-15-4-6-17-33(31)45-34/h1-21,41-42H. The van der Waals surface area contributed by atoms with Gasteiger partial charge in [-0.2, -0.15) is 0 Å². The van der Waals surface area contributed by atoms with Gasteiger partial charge in [-0.15, -0.1) is 0 Å². The van der Waals surface area contributed by atoms with E-state index in [1.165, 1.54) is 75.8 Å². The minimum atomic E-state index is 0.833. The van der Waals surface area contributed by atoms with Crippen molar-refractivity contribution in [2.24, 2.45) is 0 Å². The molecule has 0 saturated carbocycles. The fourth-order valence-corrected chi connectivity index (χ4v) is 8.98. The van der Waals surface area contributed by atoms with E-state index in [0.717, 1.165) is 34.9 Å². The van der Waals surface area contributed by atoms with E-state index in [1.54, 1.807) is 0 Å². The summed E-state index contributed by atoms with van der Waals surface area (Å²) < 4.78 is 6.80. The molecule has 0 atom stereocenters. The highest BCUT2D eigenvalue weighted by Gasteiger charge is 2.36. The average Bonchev–Trinajstić information content (AvgIpc) is 3.67. The van der Waals surface area contributed by atoms with Gasteiger partial charge in [0.15, 0.2) is 12.9 Å². The van der Waals surface area contributed by atoms with Gasteiger partial charge in [0.25, 0.3) is 0 Å². The molecule has 0 saturated heterocycles. The number of furan rings is 1. The number of nitrogens with zero attached hydrogens (tertiary/aromatic N) is 1. The highest BCUT2D eigenvalue weighted by Crippen LogP contribution is 2.54. The van der Waals surface area contributed by atoms with Crippen molar-refractivity contribution in [3.8, 4) is 11.1 Å². The first-order valence-corrected chi connectivity index (χ1v) is 16.2. The number of fused-ring (bicyclic) bond motifs is 13. The molecule has 0 amide bonds. The Morgan fingerprint density at radius 1 is 0.578 bits per heavy atom. The summed E-state index contributed by atoms with van der Waals surface area (Å²) in [6.45, 7) is 0. The lowest BCUT2D eigenvalue weighted by Gasteiger charge is -2.39. The molecule has 3 nitrogen and oxygen atoms in total. The number of aromatic amines is 1. The summed E-state index contributed by atoms with van der Waals surface area (Å²) in [5, 5.41) is 7.29. The highest BCUT2D eigenvalue weighted by atomic mass is 32.2. The van der Waals surface area contributed by atoms with E-state index in [9.17, 15) is 0 Å². The van der Waals surface area contributed by atoms with Crippen LogP contribution >= 0.6 is 11.8 Å². The monoisotopic (exact) mass is 590 g/mol. The largest absolute Gasteiger partial charge is 0.454 e. The smallest absolute Gasteiger partial charge is 0.198 e. The van der Waals surface area contributed by atoms with Crippen LogP contribution in [0.25, 0.3) is 65.6 Å². The van der Waals surface area contributed by atoms with Gasteiger partial charge in [-0.05, 0) is 46.7 Å². The Labute approximate surface area is 263 Å². The molecule has 2 aliphatic heterocycles. The Hall–Kier alpha value is -5.39. The molecular weight excluding hydrogens is 567 g/mol. The second-order valence-electron chi connectivity index (χ2n) is 12.1. The first-order chi connectivity index (χ1) is 22.3. The Bertz CT molecular complexity index is 2740. The van der Waals surface area contributed by atoms with Crippen LogP contribution in [-0.4, -0.2) is 12.3 Å². The third kappa shape index (κ3) is 3.13. The molecule has 2 aliphatic rings. The molecule has 5 heteroatoms. The van der Waals surface area contributed by atoms with Crippen LogP contribution in [0.2, 0.25) is 0 Å². The summed E-state index contributed by atoms with van der Waals surface area (Å²) in [6, 6.07) is 46.3. The number of H-pyrrole nitrogens is 1. The predicted molar refractivity (Wildman–Crippen MR) is 191 cm³/mol. The Kier molecular flexibility index (Phi) is 4.60. The van der Waals surface area contributed by atoms with Crippen molar-refractivity contribution in [1.82, 2.24) is 4.98 Å². The van der Waals surface area contributed by atoms with Crippen LogP contribution in [-0.2, 0) is 0 Å². The molecule has 208 valence electrons. The van der Waals surface area contributed by atoms with Gasteiger partial charge >= 0.3 is 0 Å². The lowest BCUT2D eigenvalue weighted by atomic mass is 9.58. The lowest BCUT2D eigenvalue weighted by molar-refractivity contribution is 0.669. The lowest BCUT2D eigenvalue weighted by Crippen LogP contribution is -2.42. The summed E-state index contributed by atoms with van der Waals surface area (Å²) in [7, 11) is 0.833. The molecule has 0 unspecified atom stereocenters. The number of para-hydroxylation sites is 4. The van der Waals surface area contributed by atoms with Gasteiger partial charge in [0.2, 0.25) is 0 Å². The van der Waals surface area contributed by atoms with Crippen LogP contribution in [0, 0.1) is 0 Å². The zero-order valence-electron chi connectivity index (χ0n) is 24.1. The zero-order chi connectivity index (χ0) is 29.2. The SMILES string of the molecule is B1c2cccc3c2N(c2ccccc2S3)c2c1c(-c1cccc3c1[nH]c1c4ccccc4ccc31)cc1c2oc2ccccc21. The summed E-state index contributed by atoms with van der Waals surface area (Å²) in [5.74, 6) is 0. The molecule has 0 fully saturated rings. The summed E-state index contributed by atoms with van der Waals surface area (Å²) in [6.07, 6.45) is 0. The summed E-state index contributed by atoms with van der Waals surface area (Å²) in [4.78, 5) is 8.95. The van der Waals surface area contributed by atoms with E-state index < -0.39 is 0 Å². The predicted octanol–water partition coefficient (Wildman–Crippen LogP) is 9.68. The maximum atomic E-state index is 6.80. The van der Waals surface area contributed by atoms with Crippen molar-refractivity contribution in [1.29, 1.82) is 0 Å². The van der Waals surface area contributed by atoms with E-state index in [1.807, 2.05) is 11.8 Å². The molecule has 0 aliphatic carbocycles. The molecule has 0 spiro atoms. The molecule has 0 bridgehead atoms. The van der Waals surface area contributed by atoms with Crippen LogP contribution in [0.15, 0.2) is 142 Å².